The second kappa shape index (κ2) is 7.41. The van der Waals surface area contributed by atoms with E-state index >= 15 is 0 Å². The fraction of sp³-hybridized carbons (Fsp3) is 0.100. The van der Waals surface area contributed by atoms with Crippen LogP contribution in [0.15, 0.2) is 77.4 Å². The third-order valence-electron chi connectivity index (χ3n) is 3.57. The molecule has 2 aromatic carbocycles. The van der Waals surface area contributed by atoms with Crippen molar-refractivity contribution in [3.63, 3.8) is 0 Å². The van der Waals surface area contributed by atoms with Crippen molar-refractivity contribution in [2.24, 2.45) is 0 Å². The minimum atomic E-state index is 0.820. The van der Waals surface area contributed by atoms with Gasteiger partial charge in [-0.05, 0) is 22.0 Å². The van der Waals surface area contributed by atoms with Gasteiger partial charge in [0.25, 0.3) is 0 Å². The average molecular weight is 380 g/mol. The van der Waals surface area contributed by atoms with Crippen LogP contribution < -0.4 is 0 Å². The largest absolute Gasteiger partial charge is 0.227 e. The van der Waals surface area contributed by atoms with E-state index in [-0.39, 0.29) is 0 Å². The Labute approximate surface area is 150 Å². The molecule has 0 amide bonds. The highest BCUT2D eigenvalue weighted by molar-refractivity contribution is 9.10. The molecule has 0 aliphatic heterocycles. The average Bonchev–Trinajstić information content (AvgIpc) is 3.05. The highest BCUT2D eigenvalue weighted by Crippen LogP contribution is 2.28. The SMILES string of the molecule is Brc1cnn2c(-c3ccccc3)cc(-c3ccccc3)nc12.CC. The first-order valence-electron chi connectivity index (χ1n) is 7.98. The van der Waals surface area contributed by atoms with Crippen LogP contribution in [0.1, 0.15) is 13.8 Å². The Morgan fingerprint density at radius 2 is 1.42 bits per heavy atom. The molecule has 0 radical (unpaired) electrons. The zero-order chi connectivity index (χ0) is 16.9. The van der Waals surface area contributed by atoms with E-state index in [2.05, 4.69) is 51.4 Å². The molecule has 0 bridgehead atoms. The molecule has 4 rings (SSSR count). The van der Waals surface area contributed by atoms with Crippen molar-refractivity contribution in [2.45, 2.75) is 13.8 Å². The van der Waals surface area contributed by atoms with Crippen LogP contribution in [0.4, 0.5) is 0 Å². The van der Waals surface area contributed by atoms with Crippen LogP contribution in [0.25, 0.3) is 28.2 Å². The van der Waals surface area contributed by atoms with Gasteiger partial charge in [-0.3, -0.25) is 0 Å². The number of benzene rings is 2. The molecular formula is C20H18BrN3. The minimum absolute atomic E-state index is 0.820. The number of hydrogen-bond acceptors (Lipinski definition) is 2. The van der Waals surface area contributed by atoms with Gasteiger partial charge in [0.15, 0.2) is 5.65 Å². The summed E-state index contributed by atoms with van der Waals surface area (Å²) in [6.07, 6.45) is 1.78. The maximum Gasteiger partial charge on any atom is 0.170 e. The van der Waals surface area contributed by atoms with E-state index in [0.717, 1.165) is 32.6 Å². The molecule has 0 atom stereocenters. The molecule has 120 valence electrons. The minimum Gasteiger partial charge on any atom is -0.227 e. The molecule has 0 saturated carbocycles. The summed E-state index contributed by atoms with van der Waals surface area (Å²) < 4.78 is 2.76. The lowest BCUT2D eigenvalue weighted by Crippen LogP contribution is -1.98. The Bertz CT molecular complexity index is 931. The highest BCUT2D eigenvalue weighted by atomic mass is 79.9. The predicted octanol–water partition coefficient (Wildman–Crippen LogP) is 5.85. The second-order valence-electron chi connectivity index (χ2n) is 4.99. The maximum atomic E-state index is 4.74. The molecule has 4 heteroatoms. The van der Waals surface area contributed by atoms with E-state index in [1.807, 2.05) is 54.8 Å². The van der Waals surface area contributed by atoms with Crippen LogP contribution in [0.5, 0.6) is 0 Å². The predicted molar refractivity (Wildman–Crippen MR) is 103 cm³/mol. The summed E-state index contributed by atoms with van der Waals surface area (Å²) in [5, 5.41) is 4.44. The van der Waals surface area contributed by atoms with E-state index in [1.54, 1.807) is 6.20 Å². The van der Waals surface area contributed by atoms with Crippen LogP contribution >= 0.6 is 15.9 Å². The summed E-state index contributed by atoms with van der Waals surface area (Å²) in [6.45, 7) is 4.00. The van der Waals surface area contributed by atoms with Crippen molar-refractivity contribution in [2.75, 3.05) is 0 Å². The van der Waals surface area contributed by atoms with Gasteiger partial charge in [-0.1, -0.05) is 74.5 Å². The van der Waals surface area contributed by atoms with E-state index in [0.29, 0.717) is 0 Å². The first-order chi connectivity index (χ1) is 11.8. The molecule has 24 heavy (non-hydrogen) atoms. The van der Waals surface area contributed by atoms with Crippen molar-refractivity contribution in [3.05, 3.63) is 77.4 Å². The maximum absolute atomic E-state index is 4.74. The Balaban J connectivity index is 0.000000815. The molecule has 2 aromatic heterocycles. The topological polar surface area (TPSA) is 30.2 Å². The number of aromatic nitrogens is 3. The molecular weight excluding hydrogens is 362 g/mol. The van der Waals surface area contributed by atoms with Gasteiger partial charge >= 0.3 is 0 Å². The third-order valence-corrected chi connectivity index (χ3v) is 4.13. The summed E-state index contributed by atoms with van der Waals surface area (Å²) in [4.78, 5) is 4.74. The first-order valence-corrected chi connectivity index (χ1v) is 8.77. The second-order valence-corrected chi connectivity index (χ2v) is 5.84. The Morgan fingerprint density at radius 3 is 2.04 bits per heavy atom. The molecule has 0 aliphatic carbocycles. The number of halogens is 1. The summed E-state index contributed by atoms with van der Waals surface area (Å²) >= 11 is 3.53. The van der Waals surface area contributed by atoms with Crippen LogP contribution in [-0.4, -0.2) is 14.6 Å². The highest BCUT2D eigenvalue weighted by Gasteiger charge is 2.12. The van der Waals surface area contributed by atoms with Crippen LogP contribution in [0, 0.1) is 0 Å². The zero-order valence-electron chi connectivity index (χ0n) is 13.6. The number of rotatable bonds is 2. The number of nitrogens with zero attached hydrogens (tertiary/aromatic N) is 3. The molecule has 0 saturated heterocycles. The first kappa shape index (κ1) is 16.4. The third kappa shape index (κ3) is 3.10. The standard InChI is InChI=1S/C18H12BrN3.C2H6/c19-15-12-20-22-17(14-9-5-2-6-10-14)11-16(21-18(15)22)13-7-3-1-4-8-13;1-2/h1-12H;1-2H3. The lowest BCUT2D eigenvalue weighted by molar-refractivity contribution is 0.949. The summed E-state index contributed by atoms with van der Waals surface area (Å²) in [5.41, 5.74) is 4.99. The van der Waals surface area contributed by atoms with Crippen molar-refractivity contribution in [1.82, 2.24) is 14.6 Å². The molecule has 0 spiro atoms. The van der Waals surface area contributed by atoms with Gasteiger partial charge in [0.1, 0.15) is 0 Å². The fourth-order valence-electron chi connectivity index (χ4n) is 2.51. The summed E-state index contributed by atoms with van der Waals surface area (Å²) in [6, 6.07) is 22.5. The normalized spacial score (nSPS) is 10.3. The molecule has 3 nitrogen and oxygen atoms in total. The van der Waals surface area contributed by atoms with Crippen molar-refractivity contribution in [3.8, 4) is 22.5 Å². The van der Waals surface area contributed by atoms with E-state index < -0.39 is 0 Å². The van der Waals surface area contributed by atoms with Crippen molar-refractivity contribution < 1.29 is 0 Å². The van der Waals surface area contributed by atoms with Crippen LogP contribution in [0.3, 0.4) is 0 Å². The fourth-order valence-corrected chi connectivity index (χ4v) is 2.86. The lowest BCUT2D eigenvalue weighted by Gasteiger charge is -2.08. The Morgan fingerprint density at radius 1 is 0.833 bits per heavy atom. The lowest BCUT2D eigenvalue weighted by atomic mass is 10.1. The Hall–Kier alpha value is -2.46. The van der Waals surface area contributed by atoms with E-state index in [9.17, 15) is 0 Å². The number of fused-ring (bicyclic) bond motifs is 1. The summed E-state index contributed by atoms with van der Waals surface area (Å²) in [5.74, 6) is 0. The zero-order valence-corrected chi connectivity index (χ0v) is 15.2. The molecule has 0 unspecified atom stereocenters. The van der Waals surface area contributed by atoms with E-state index in [4.69, 9.17) is 4.98 Å². The molecule has 0 aliphatic rings. The Kier molecular flexibility index (Phi) is 5.06. The van der Waals surface area contributed by atoms with Gasteiger partial charge in [0, 0.05) is 11.1 Å². The number of hydrogen-bond donors (Lipinski definition) is 0. The van der Waals surface area contributed by atoms with Crippen molar-refractivity contribution >= 4 is 21.6 Å². The molecule has 2 heterocycles. The van der Waals surface area contributed by atoms with Crippen molar-refractivity contribution in [1.29, 1.82) is 0 Å². The smallest absolute Gasteiger partial charge is 0.170 e. The van der Waals surface area contributed by atoms with E-state index in [1.165, 1.54) is 0 Å². The van der Waals surface area contributed by atoms with Crippen LogP contribution in [-0.2, 0) is 0 Å². The van der Waals surface area contributed by atoms with Gasteiger partial charge in [-0.25, -0.2) is 9.50 Å². The van der Waals surface area contributed by atoms with Gasteiger partial charge in [-0.2, -0.15) is 5.10 Å². The monoisotopic (exact) mass is 379 g/mol. The van der Waals surface area contributed by atoms with Crippen LogP contribution in [0.2, 0.25) is 0 Å². The molecule has 0 N–H and O–H groups in total. The molecule has 0 fully saturated rings. The van der Waals surface area contributed by atoms with Gasteiger partial charge in [0.2, 0.25) is 0 Å². The summed E-state index contributed by atoms with van der Waals surface area (Å²) in [7, 11) is 0. The van der Waals surface area contributed by atoms with Gasteiger partial charge in [0.05, 0.1) is 22.1 Å². The van der Waals surface area contributed by atoms with Gasteiger partial charge in [-0.15, -0.1) is 0 Å². The van der Waals surface area contributed by atoms with Gasteiger partial charge < -0.3 is 0 Å². The quantitative estimate of drug-likeness (QED) is 0.437. The molecule has 4 aromatic rings.